The number of nitrogens with one attached hydrogen (secondary N) is 1. The highest BCUT2D eigenvalue weighted by molar-refractivity contribution is 9.07. The van der Waals surface area contributed by atoms with Gasteiger partial charge in [-0.2, -0.15) is 0 Å². The number of hydrogen-bond acceptors (Lipinski definition) is 3. The third kappa shape index (κ3) is 2.63. The summed E-state index contributed by atoms with van der Waals surface area (Å²) in [6, 6.07) is 15.3. The van der Waals surface area contributed by atoms with Gasteiger partial charge in [0.05, 0.1) is 11.1 Å². The van der Waals surface area contributed by atoms with Crippen molar-refractivity contribution < 1.29 is 0 Å². The molecule has 4 rings (SSSR count). The van der Waals surface area contributed by atoms with Crippen molar-refractivity contribution in [3.05, 3.63) is 65.5 Å². The molecule has 3 nitrogen and oxygen atoms in total. The Bertz CT molecular complexity index is 667. The number of fused-ring (bicyclic) bond motifs is 1. The van der Waals surface area contributed by atoms with Crippen LogP contribution in [0, 0.1) is 5.92 Å². The van der Waals surface area contributed by atoms with E-state index in [9.17, 15) is 0 Å². The van der Waals surface area contributed by atoms with Crippen LogP contribution in [-0.2, 0) is 12.0 Å². The molecule has 1 unspecified atom stereocenters. The molecule has 23 heavy (non-hydrogen) atoms. The summed E-state index contributed by atoms with van der Waals surface area (Å²) < 4.78 is 2.26. The second-order valence-corrected chi connectivity index (χ2v) is 7.63. The van der Waals surface area contributed by atoms with Crippen LogP contribution >= 0.6 is 16.1 Å². The molecular weight excluding hydrogens is 350 g/mol. The van der Waals surface area contributed by atoms with Crippen LogP contribution in [0.3, 0.4) is 0 Å². The highest BCUT2D eigenvalue weighted by Crippen LogP contribution is 2.46. The molecule has 3 heterocycles. The van der Waals surface area contributed by atoms with Gasteiger partial charge in [0.2, 0.25) is 0 Å². The summed E-state index contributed by atoms with van der Waals surface area (Å²) in [6.07, 6.45) is 4.32. The Labute approximate surface area is 146 Å². The molecule has 1 atom stereocenters. The van der Waals surface area contributed by atoms with E-state index in [1.165, 1.54) is 29.7 Å². The van der Waals surface area contributed by atoms with Crippen molar-refractivity contribution in [3.8, 4) is 0 Å². The van der Waals surface area contributed by atoms with E-state index in [4.69, 9.17) is 4.98 Å². The van der Waals surface area contributed by atoms with E-state index in [1.54, 1.807) is 0 Å². The lowest BCUT2D eigenvalue weighted by Crippen LogP contribution is -2.51. The van der Waals surface area contributed by atoms with Crippen LogP contribution in [-0.4, -0.2) is 28.5 Å². The average molecular weight is 372 g/mol. The van der Waals surface area contributed by atoms with Crippen molar-refractivity contribution in [1.29, 1.82) is 0 Å². The molecule has 0 radical (unpaired) electrons. The van der Waals surface area contributed by atoms with Gasteiger partial charge in [0.25, 0.3) is 0 Å². The van der Waals surface area contributed by atoms with Crippen LogP contribution < -0.4 is 5.32 Å². The SMILES string of the molecule is BrN1CCC(C2(c3ccccn3)CNCc3ccccc32)CC1. The van der Waals surface area contributed by atoms with Crippen LogP contribution in [0.2, 0.25) is 0 Å². The Morgan fingerprint density at radius 2 is 1.87 bits per heavy atom. The zero-order valence-corrected chi connectivity index (χ0v) is 14.8. The molecule has 1 aromatic heterocycles. The number of benzene rings is 1. The second kappa shape index (κ2) is 6.34. The van der Waals surface area contributed by atoms with E-state index in [-0.39, 0.29) is 5.41 Å². The van der Waals surface area contributed by atoms with Crippen molar-refractivity contribution in [3.63, 3.8) is 0 Å². The third-order valence-corrected chi connectivity index (χ3v) is 6.19. The lowest BCUT2D eigenvalue weighted by Gasteiger charge is -2.47. The Balaban J connectivity index is 1.86. The first-order chi connectivity index (χ1) is 11.3. The van der Waals surface area contributed by atoms with Crippen LogP contribution in [0.4, 0.5) is 0 Å². The van der Waals surface area contributed by atoms with E-state index >= 15 is 0 Å². The van der Waals surface area contributed by atoms with E-state index in [1.807, 2.05) is 12.3 Å². The first-order valence-electron chi connectivity index (χ1n) is 8.42. The van der Waals surface area contributed by atoms with Gasteiger partial charge < -0.3 is 5.32 Å². The maximum Gasteiger partial charge on any atom is 0.0531 e. The summed E-state index contributed by atoms with van der Waals surface area (Å²) in [5, 5.41) is 3.67. The van der Waals surface area contributed by atoms with Crippen molar-refractivity contribution in [2.75, 3.05) is 19.6 Å². The van der Waals surface area contributed by atoms with Gasteiger partial charge in [0.1, 0.15) is 0 Å². The Hall–Kier alpha value is -1.23. The molecule has 0 aliphatic carbocycles. The summed E-state index contributed by atoms with van der Waals surface area (Å²) in [6.45, 7) is 4.14. The quantitative estimate of drug-likeness (QED) is 0.818. The standard InChI is InChI=1S/C19H22BrN3/c20-23-11-8-16(9-12-23)19(18-7-3-4-10-22-18)14-21-13-15-5-1-2-6-17(15)19/h1-7,10,16,21H,8-9,11-14H2. The summed E-state index contributed by atoms with van der Waals surface area (Å²) in [4.78, 5) is 4.80. The molecule has 0 bridgehead atoms. The van der Waals surface area contributed by atoms with E-state index < -0.39 is 0 Å². The molecule has 0 spiro atoms. The van der Waals surface area contributed by atoms with Gasteiger partial charge in [0.15, 0.2) is 0 Å². The number of nitrogens with zero attached hydrogens (tertiary/aromatic N) is 2. The maximum absolute atomic E-state index is 4.80. The van der Waals surface area contributed by atoms with Gasteiger partial charge >= 0.3 is 0 Å². The topological polar surface area (TPSA) is 28.2 Å². The fraction of sp³-hybridized carbons (Fsp3) is 0.421. The monoisotopic (exact) mass is 371 g/mol. The van der Waals surface area contributed by atoms with Gasteiger partial charge in [-0.25, -0.2) is 3.93 Å². The number of pyridine rings is 1. The number of piperidine rings is 1. The average Bonchev–Trinajstić information content (AvgIpc) is 2.62. The zero-order chi connectivity index (χ0) is 15.7. The van der Waals surface area contributed by atoms with E-state index in [0.29, 0.717) is 5.92 Å². The largest absolute Gasteiger partial charge is 0.311 e. The van der Waals surface area contributed by atoms with Crippen molar-refractivity contribution in [2.24, 2.45) is 5.92 Å². The number of rotatable bonds is 2. The molecule has 1 N–H and O–H groups in total. The zero-order valence-electron chi connectivity index (χ0n) is 13.2. The summed E-state index contributed by atoms with van der Waals surface area (Å²) in [5.74, 6) is 0.611. The first kappa shape index (κ1) is 15.3. The lowest BCUT2D eigenvalue weighted by atomic mass is 9.62. The molecule has 2 aliphatic rings. The second-order valence-electron chi connectivity index (χ2n) is 6.63. The molecule has 120 valence electrons. The number of hydrogen-bond donors (Lipinski definition) is 1. The van der Waals surface area contributed by atoms with Crippen molar-refractivity contribution >= 4 is 16.1 Å². The summed E-state index contributed by atoms with van der Waals surface area (Å²) in [7, 11) is 0. The van der Waals surface area contributed by atoms with E-state index in [2.05, 4.69) is 61.8 Å². The molecule has 2 aromatic rings. The predicted octanol–water partition coefficient (Wildman–Crippen LogP) is 3.49. The normalized spacial score (nSPS) is 26.0. The highest BCUT2D eigenvalue weighted by Gasteiger charge is 2.46. The number of halogens is 1. The molecule has 2 aliphatic heterocycles. The van der Waals surface area contributed by atoms with Gasteiger partial charge in [0, 0.05) is 48.5 Å². The minimum Gasteiger partial charge on any atom is -0.311 e. The van der Waals surface area contributed by atoms with Gasteiger partial charge in [-0.05, 0) is 42.0 Å². The molecule has 4 heteroatoms. The molecule has 1 fully saturated rings. The Kier molecular flexibility index (Phi) is 4.22. The molecular formula is C19H22BrN3. The van der Waals surface area contributed by atoms with Crippen molar-refractivity contribution in [1.82, 2.24) is 14.2 Å². The minimum absolute atomic E-state index is 0.00956. The fourth-order valence-corrected chi connectivity index (χ4v) is 4.78. The summed E-state index contributed by atoms with van der Waals surface area (Å²) in [5.41, 5.74) is 4.11. The van der Waals surface area contributed by atoms with Crippen LogP contribution in [0.1, 0.15) is 29.7 Å². The number of aromatic nitrogens is 1. The smallest absolute Gasteiger partial charge is 0.0531 e. The summed E-state index contributed by atoms with van der Waals surface area (Å²) >= 11 is 3.65. The first-order valence-corrected chi connectivity index (χ1v) is 9.13. The molecule has 0 saturated carbocycles. The van der Waals surface area contributed by atoms with E-state index in [0.717, 1.165) is 26.2 Å². The highest BCUT2D eigenvalue weighted by atomic mass is 79.9. The van der Waals surface area contributed by atoms with Crippen LogP contribution in [0.5, 0.6) is 0 Å². The predicted molar refractivity (Wildman–Crippen MR) is 96.4 cm³/mol. The molecule has 1 aromatic carbocycles. The fourth-order valence-electron chi connectivity index (χ4n) is 4.37. The Morgan fingerprint density at radius 1 is 1.09 bits per heavy atom. The Morgan fingerprint density at radius 3 is 2.65 bits per heavy atom. The third-order valence-electron chi connectivity index (χ3n) is 5.48. The van der Waals surface area contributed by atoms with Gasteiger partial charge in [-0.15, -0.1) is 0 Å². The lowest BCUT2D eigenvalue weighted by molar-refractivity contribution is 0.195. The van der Waals surface area contributed by atoms with Gasteiger partial charge in [-0.3, -0.25) is 4.98 Å². The molecule has 0 amide bonds. The van der Waals surface area contributed by atoms with Crippen molar-refractivity contribution in [2.45, 2.75) is 24.8 Å². The van der Waals surface area contributed by atoms with Gasteiger partial charge in [-0.1, -0.05) is 30.3 Å². The van der Waals surface area contributed by atoms with Crippen LogP contribution in [0.25, 0.3) is 0 Å². The van der Waals surface area contributed by atoms with Crippen LogP contribution in [0.15, 0.2) is 48.7 Å². The molecule has 1 saturated heterocycles. The maximum atomic E-state index is 4.80. The minimum atomic E-state index is -0.00956.